The second-order valence-corrected chi connectivity index (χ2v) is 4.55. The highest BCUT2D eigenvalue weighted by molar-refractivity contribution is 5.85. The lowest BCUT2D eigenvalue weighted by Gasteiger charge is -2.31. The van der Waals surface area contributed by atoms with Crippen LogP contribution in [-0.4, -0.2) is 34.9 Å². The van der Waals surface area contributed by atoms with Gasteiger partial charge in [-0.15, -0.1) is 0 Å². The van der Waals surface area contributed by atoms with Gasteiger partial charge in [-0.2, -0.15) is 0 Å². The average Bonchev–Trinajstić information content (AvgIpc) is 2.36. The normalized spacial score (nSPS) is 11.3. The number of carbonyl (C=O) groups excluding carboxylic acids is 1. The molecule has 0 spiro atoms. The highest BCUT2D eigenvalue weighted by atomic mass is 16.2. The van der Waals surface area contributed by atoms with Gasteiger partial charge < -0.3 is 10.2 Å². The van der Waals surface area contributed by atoms with E-state index in [0.717, 1.165) is 5.56 Å². The van der Waals surface area contributed by atoms with Crippen molar-refractivity contribution in [1.82, 2.24) is 15.2 Å². The number of amides is 1. The Balaban J connectivity index is 2.76. The number of rotatable bonds is 5. The Morgan fingerprint density at radius 3 is 2.47 bits per heavy atom. The van der Waals surface area contributed by atoms with Gasteiger partial charge in [-0.3, -0.25) is 9.78 Å². The summed E-state index contributed by atoms with van der Waals surface area (Å²) in [5.74, 6) is 0.110. The van der Waals surface area contributed by atoms with Crippen molar-refractivity contribution in [3.63, 3.8) is 0 Å². The molecule has 1 aromatic rings. The number of carbonyl (C=O) groups is 1. The molecule has 0 unspecified atom stereocenters. The quantitative estimate of drug-likeness (QED) is 0.839. The lowest BCUT2D eigenvalue weighted by Crippen LogP contribution is -2.52. The molecule has 4 heteroatoms. The summed E-state index contributed by atoms with van der Waals surface area (Å²) in [5, 5.41) is 3.04. The van der Waals surface area contributed by atoms with Gasteiger partial charge in [-0.1, -0.05) is 0 Å². The van der Waals surface area contributed by atoms with Crippen LogP contribution in [0.3, 0.4) is 0 Å². The van der Waals surface area contributed by atoms with E-state index >= 15 is 0 Å². The molecule has 0 bridgehead atoms. The molecule has 0 saturated carbocycles. The Labute approximate surface area is 103 Å². The van der Waals surface area contributed by atoms with Gasteiger partial charge in [0.05, 0.1) is 5.54 Å². The first-order valence-corrected chi connectivity index (χ1v) is 5.88. The number of aromatic nitrogens is 1. The monoisotopic (exact) mass is 235 g/mol. The summed E-state index contributed by atoms with van der Waals surface area (Å²) in [7, 11) is 1.80. The van der Waals surface area contributed by atoms with Crippen LogP contribution in [0.1, 0.15) is 26.3 Å². The molecular weight excluding hydrogens is 214 g/mol. The van der Waals surface area contributed by atoms with Crippen LogP contribution in [0.15, 0.2) is 24.5 Å². The minimum Gasteiger partial charge on any atom is -0.337 e. The van der Waals surface area contributed by atoms with Crippen molar-refractivity contribution in [3.05, 3.63) is 30.1 Å². The van der Waals surface area contributed by atoms with E-state index in [1.807, 2.05) is 37.8 Å². The summed E-state index contributed by atoms with van der Waals surface area (Å²) < 4.78 is 0. The number of pyridine rings is 1. The van der Waals surface area contributed by atoms with Crippen LogP contribution >= 0.6 is 0 Å². The standard InChI is InChI=1S/C13H21N3O/c1-5-16(12(17)13(2,3)14-4)10-11-6-8-15-9-7-11/h6-9,14H,5,10H2,1-4H3. The molecule has 0 aromatic carbocycles. The fraction of sp³-hybridized carbons (Fsp3) is 0.538. The molecule has 1 amide bonds. The van der Waals surface area contributed by atoms with Gasteiger partial charge in [0.15, 0.2) is 0 Å². The van der Waals surface area contributed by atoms with Gasteiger partial charge in [-0.05, 0) is 45.5 Å². The molecule has 1 rings (SSSR count). The van der Waals surface area contributed by atoms with E-state index in [1.54, 1.807) is 19.4 Å². The molecule has 0 radical (unpaired) electrons. The predicted molar refractivity (Wildman–Crippen MR) is 68.5 cm³/mol. The number of likely N-dealkylation sites (N-methyl/N-ethyl adjacent to an activating group) is 2. The number of nitrogens with one attached hydrogen (secondary N) is 1. The molecule has 4 nitrogen and oxygen atoms in total. The van der Waals surface area contributed by atoms with Crippen molar-refractivity contribution in [2.75, 3.05) is 13.6 Å². The van der Waals surface area contributed by atoms with Gasteiger partial charge in [0.1, 0.15) is 0 Å². The van der Waals surface area contributed by atoms with Crippen LogP contribution in [0.4, 0.5) is 0 Å². The molecule has 0 aliphatic heterocycles. The molecule has 17 heavy (non-hydrogen) atoms. The molecule has 0 aliphatic carbocycles. The second-order valence-electron chi connectivity index (χ2n) is 4.55. The van der Waals surface area contributed by atoms with Crippen molar-refractivity contribution >= 4 is 5.91 Å². The Bertz CT molecular complexity index is 362. The lowest BCUT2D eigenvalue weighted by molar-refractivity contribution is -0.137. The van der Waals surface area contributed by atoms with E-state index in [2.05, 4.69) is 10.3 Å². The number of hydrogen-bond acceptors (Lipinski definition) is 3. The fourth-order valence-electron chi connectivity index (χ4n) is 1.54. The minimum absolute atomic E-state index is 0.110. The zero-order valence-electron chi connectivity index (χ0n) is 11.0. The Hall–Kier alpha value is -1.42. The Morgan fingerprint density at radius 1 is 1.41 bits per heavy atom. The van der Waals surface area contributed by atoms with Crippen molar-refractivity contribution in [1.29, 1.82) is 0 Å². The van der Waals surface area contributed by atoms with E-state index in [4.69, 9.17) is 0 Å². The molecular formula is C13H21N3O. The summed E-state index contributed by atoms with van der Waals surface area (Å²) >= 11 is 0. The summed E-state index contributed by atoms with van der Waals surface area (Å²) in [6.07, 6.45) is 3.49. The Morgan fingerprint density at radius 2 is 2.00 bits per heavy atom. The van der Waals surface area contributed by atoms with E-state index in [0.29, 0.717) is 13.1 Å². The summed E-state index contributed by atoms with van der Waals surface area (Å²) in [4.78, 5) is 18.1. The number of hydrogen-bond donors (Lipinski definition) is 1. The van der Waals surface area contributed by atoms with E-state index in [9.17, 15) is 4.79 Å². The third-order valence-electron chi connectivity index (χ3n) is 2.95. The SMILES string of the molecule is CCN(Cc1ccncc1)C(=O)C(C)(C)NC. The third kappa shape index (κ3) is 3.53. The molecule has 0 fully saturated rings. The number of nitrogens with zero attached hydrogens (tertiary/aromatic N) is 2. The predicted octanol–water partition coefficient (Wildman–Crippen LogP) is 1.43. The maximum Gasteiger partial charge on any atom is 0.242 e. The zero-order valence-corrected chi connectivity index (χ0v) is 11.0. The first-order chi connectivity index (χ1) is 8.01. The maximum absolute atomic E-state index is 12.3. The lowest BCUT2D eigenvalue weighted by atomic mass is 10.0. The third-order valence-corrected chi connectivity index (χ3v) is 2.95. The fourth-order valence-corrected chi connectivity index (χ4v) is 1.54. The van der Waals surface area contributed by atoms with Gasteiger partial charge >= 0.3 is 0 Å². The second kappa shape index (κ2) is 5.77. The Kier molecular flexibility index (Phi) is 4.63. The first kappa shape index (κ1) is 13.6. The minimum atomic E-state index is -0.525. The van der Waals surface area contributed by atoms with Gasteiger partial charge in [0, 0.05) is 25.5 Å². The van der Waals surface area contributed by atoms with E-state index < -0.39 is 5.54 Å². The maximum atomic E-state index is 12.3. The van der Waals surface area contributed by atoms with Crippen molar-refractivity contribution < 1.29 is 4.79 Å². The highest BCUT2D eigenvalue weighted by Crippen LogP contribution is 2.11. The van der Waals surface area contributed by atoms with Crippen molar-refractivity contribution in [2.45, 2.75) is 32.9 Å². The molecule has 1 heterocycles. The van der Waals surface area contributed by atoms with Crippen LogP contribution in [0.25, 0.3) is 0 Å². The highest BCUT2D eigenvalue weighted by Gasteiger charge is 2.29. The topological polar surface area (TPSA) is 45.2 Å². The molecule has 1 aromatic heterocycles. The summed E-state index contributed by atoms with van der Waals surface area (Å²) in [5.41, 5.74) is 0.574. The molecule has 0 aliphatic rings. The van der Waals surface area contributed by atoms with Crippen molar-refractivity contribution in [2.24, 2.45) is 0 Å². The van der Waals surface area contributed by atoms with Gasteiger partial charge in [0.2, 0.25) is 5.91 Å². The van der Waals surface area contributed by atoms with Crippen LogP contribution in [0, 0.1) is 0 Å². The molecule has 1 N–H and O–H groups in total. The van der Waals surface area contributed by atoms with Crippen LogP contribution in [0.2, 0.25) is 0 Å². The van der Waals surface area contributed by atoms with E-state index in [-0.39, 0.29) is 5.91 Å². The largest absolute Gasteiger partial charge is 0.337 e. The van der Waals surface area contributed by atoms with E-state index in [1.165, 1.54) is 0 Å². The summed E-state index contributed by atoms with van der Waals surface area (Å²) in [6.45, 7) is 7.11. The van der Waals surface area contributed by atoms with Crippen LogP contribution in [-0.2, 0) is 11.3 Å². The van der Waals surface area contributed by atoms with Crippen LogP contribution in [0.5, 0.6) is 0 Å². The smallest absolute Gasteiger partial charge is 0.242 e. The molecule has 0 atom stereocenters. The average molecular weight is 235 g/mol. The molecule has 94 valence electrons. The zero-order chi connectivity index (χ0) is 12.9. The first-order valence-electron chi connectivity index (χ1n) is 5.88. The summed E-state index contributed by atoms with van der Waals surface area (Å²) in [6, 6.07) is 3.87. The van der Waals surface area contributed by atoms with Crippen LogP contribution < -0.4 is 5.32 Å². The van der Waals surface area contributed by atoms with Gasteiger partial charge in [-0.25, -0.2) is 0 Å². The van der Waals surface area contributed by atoms with Gasteiger partial charge in [0.25, 0.3) is 0 Å². The van der Waals surface area contributed by atoms with Crippen molar-refractivity contribution in [3.8, 4) is 0 Å². The molecule has 0 saturated heterocycles.